The summed E-state index contributed by atoms with van der Waals surface area (Å²) < 4.78 is 0. The molecule has 4 heteroatoms. The van der Waals surface area contributed by atoms with Crippen LogP contribution < -0.4 is 5.11 Å². The number of carbonyl (C=O) groups excluding carboxylic acids is 2. The van der Waals surface area contributed by atoms with Crippen molar-refractivity contribution in [3.05, 3.63) is 71.3 Å². The second-order valence-corrected chi connectivity index (χ2v) is 6.15. The summed E-state index contributed by atoms with van der Waals surface area (Å²) in [6.07, 6.45) is 0.927. The van der Waals surface area contributed by atoms with Gasteiger partial charge in [-0.25, -0.2) is 0 Å². The molecule has 0 N–H and O–H groups in total. The highest BCUT2D eigenvalue weighted by atomic mass is 16.4. The molecule has 1 heterocycles. The van der Waals surface area contributed by atoms with E-state index in [4.69, 9.17) is 0 Å². The van der Waals surface area contributed by atoms with Crippen LogP contribution in [0, 0.1) is 0 Å². The zero-order valence-corrected chi connectivity index (χ0v) is 13.6. The van der Waals surface area contributed by atoms with Crippen LogP contribution in [0.25, 0.3) is 0 Å². The predicted molar refractivity (Wildman–Crippen MR) is 89.0 cm³/mol. The number of aliphatic carboxylic acids is 1. The minimum Gasteiger partial charge on any atom is -0.548 e. The molecule has 0 fully saturated rings. The Morgan fingerprint density at radius 1 is 1.08 bits per heavy atom. The highest BCUT2D eigenvalue weighted by Crippen LogP contribution is 2.29. The van der Waals surface area contributed by atoms with Crippen molar-refractivity contribution < 1.29 is 14.7 Å². The molecule has 0 spiro atoms. The number of hydrogen-bond donors (Lipinski definition) is 0. The van der Waals surface area contributed by atoms with Crippen LogP contribution >= 0.6 is 0 Å². The fourth-order valence-electron chi connectivity index (χ4n) is 3.40. The summed E-state index contributed by atoms with van der Waals surface area (Å²) in [5, 5.41) is 11.6. The molecule has 1 aliphatic rings. The van der Waals surface area contributed by atoms with Crippen molar-refractivity contribution in [2.24, 2.45) is 0 Å². The maximum absolute atomic E-state index is 13.1. The summed E-state index contributed by atoms with van der Waals surface area (Å²) in [4.78, 5) is 26.2. The van der Waals surface area contributed by atoms with Crippen LogP contribution in [0.1, 0.15) is 36.0 Å². The Kier molecular flexibility index (Phi) is 4.65. The second kappa shape index (κ2) is 6.87. The molecule has 0 radical (unpaired) electrons. The molecule has 2 aromatic rings. The summed E-state index contributed by atoms with van der Waals surface area (Å²) >= 11 is 0. The summed E-state index contributed by atoms with van der Waals surface area (Å²) in [6, 6.07) is 16.3. The van der Waals surface area contributed by atoms with Gasteiger partial charge < -0.3 is 14.8 Å². The van der Waals surface area contributed by atoms with E-state index in [0.717, 1.165) is 16.7 Å². The SMILES string of the molecule is CCC(C(=O)N1Cc2ccccc2CC1C(=O)[O-])c1ccccc1. The van der Waals surface area contributed by atoms with E-state index in [9.17, 15) is 14.7 Å². The third-order valence-electron chi connectivity index (χ3n) is 4.71. The molecule has 0 bridgehead atoms. The number of amides is 1. The quantitative estimate of drug-likeness (QED) is 0.863. The maximum atomic E-state index is 13.1. The van der Waals surface area contributed by atoms with Gasteiger partial charge in [0.15, 0.2) is 0 Å². The van der Waals surface area contributed by atoms with Gasteiger partial charge in [0.1, 0.15) is 0 Å². The fourth-order valence-corrected chi connectivity index (χ4v) is 3.40. The van der Waals surface area contributed by atoms with Crippen LogP contribution in [0.4, 0.5) is 0 Å². The minimum atomic E-state index is -1.19. The number of nitrogens with zero attached hydrogens (tertiary/aromatic N) is 1. The van der Waals surface area contributed by atoms with Gasteiger partial charge in [0.2, 0.25) is 5.91 Å². The van der Waals surface area contributed by atoms with Gasteiger partial charge in [-0.2, -0.15) is 0 Å². The van der Waals surface area contributed by atoms with Gasteiger partial charge in [0, 0.05) is 6.54 Å². The van der Waals surface area contributed by atoms with Gasteiger partial charge in [-0.15, -0.1) is 0 Å². The minimum absolute atomic E-state index is 0.146. The third kappa shape index (κ3) is 3.04. The van der Waals surface area contributed by atoms with Gasteiger partial charge >= 0.3 is 0 Å². The largest absolute Gasteiger partial charge is 0.548 e. The van der Waals surface area contributed by atoms with E-state index in [1.54, 1.807) is 0 Å². The Morgan fingerprint density at radius 3 is 2.33 bits per heavy atom. The van der Waals surface area contributed by atoms with Crippen molar-refractivity contribution in [3.8, 4) is 0 Å². The molecule has 2 atom stereocenters. The van der Waals surface area contributed by atoms with E-state index in [0.29, 0.717) is 19.4 Å². The molecule has 2 unspecified atom stereocenters. The molecule has 4 nitrogen and oxygen atoms in total. The van der Waals surface area contributed by atoms with Gasteiger partial charge in [-0.3, -0.25) is 4.79 Å². The van der Waals surface area contributed by atoms with Crippen molar-refractivity contribution in [1.29, 1.82) is 0 Å². The van der Waals surface area contributed by atoms with Crippen LogP contribution in [0.3, 0.4) is 0 Å². The predicted octanol–water partition coefficient (Wildman–Crippen LogP) is 1.88. The van der Waals surface area contributed by atoms with Crippen molar-refractivity contribution in [1.82, 2.24) is 4.90 Å². The lowest BCUT2D eigenvalue weighted by Gasteiger charge is -2.39. The molecule has 2 aromatic carbocycles. The van der Waals surface area contributed by atoms with Crippen LogP contribution in [0.5, 0.6) is 0 Å². The normalized spacial score (nSPS) is 17.9. The molecule has 0 aromatic heterocycles. The Labute approximate surface area is 141 Å². The molecule has 24 heavy (non-hydrogen) atoms. The van der Waals surface area contributed by atoms with Gasteiger partial charge in [0.05, 0.1) is 17.9 Å². The highest BCUT2D eigenvalue weighted by Gasteiger charge is 2.34. The summed E-state index contributed by atoms with van der Waals surface area (Å²) in [7, 11) is 0. The van der Waals surface area contributed by atoms with Crippen LogP contribution in [0.2, 0.25) is 0 Å². The van der Waals surface area contributed by atoms with E-state index < -0.39 is 12.0 Å². The van der Waals surface area contributed by atoms with Crippen molar-refractivity contribution in [3.63, 3.8) is 0 Å². The lowest BCUT2D eigenvalue weighted by atomic mass is 9.90. The fraction of sp³-hybridized carbons (Fsp3) is 0.300. The van der Waals surface area contributed by atoms with Crippen LogP contribution in [-0.2, 0) is 22.6 Å². The van der Waals surface area contributed by atoms with E-state index in [1.165, 1.54) is 4.90 Å². The molecular weight excluding hydrogens is 302 g/mol. The van der Waals surface area contributed by atoms with Gasteiger partial charge in [0.25, 0.3) is 0 Å². The first-order chi connectivity index (χ1) is 11.6. The molecular formula is C20H20NO3-. The average Bonchev–Trinajstić information content (AvgIpc) is 2.62. The van der Waals surface area contributed by atoms with Crippen LogP contribution in [0.15, 0.2) is 54.6 Å². The number of hydrogen-bond acceptors (Lipinski definition) is 3. The Morgan fingerprint density at radius 2 is 1.71 bits per heavy atom. The molecule has 0 saturated carbocycles. The van der Waals surface area contributed by atoms with E-state index in [1.807, 2.05) is 61.5 Å². The number of benzene rings is 2. The van der Waals surface area contributed by atoms with E-state index >= 15 is 0 Å². The third-order valence-corrected chi connectivity index (χ3v) is 4.71. The smallest absolute Gasteiger partial charge is 0.230 e. The van der Waals surface area contributed by atoms with Gasteiger partial charge in [-0.1, -0.05) is 61.5 Å². The lowest BCUT2D eigenvalue weighted by molar-refractivity contribution is -0.311. The van der Waals surface area contributed by atoms with Crippen molar-refractivity contribution in [2.45, 2.75) is 38.3 Å². The maximum Gasteiger partial charge on any atom is 0.230 e. The Hall–Kier alpha value is -2.62. The number of carboxylic acids is 1. The number of carboxylic acid groups (broad SMARTS) is 1. The molecule has 1 aliphatic heterocycles. The molecule has 1 amide bonds. The zero-order chi connectivity index (χ0) is 17.1. The first-order valence-corrected chi connectivity index (χ1v) is 8.25. The standard InChI is InChI=1S/C20H21NO3/c1-2-17(14-8-4-3-5-9-14)19(22)21-13-16-11-7-6-10-15(16)12-18(21)20(23)24/h3-11,17-18H,2,12-13H2,1H3,(H,23,24)/p-1. The zero-order valence-electron chi connectivity index (χ0n) is 13.6. The number of fused-ring (bicyclic) bond motifs is 1. The lowest BCUT2D eigenvalue weighted by Crippen LogP contribution is -2.54. The summed E-state index contributed by atoms with van der Waals surface area (Å²) in [6.45, 7) is 2.26. The first kappa shape index (κ1) is 16.2. The monoisotopic (exact) mass is 322 g/mol. The van der Waals surface area contributed by atoms with Crippen molar-refractivity contribution in [2.75, 3.05) is 0 Å². The van der Waals surface area contributed by atoms with Crippen molar-refractivity contribution >= 4 is 11.9 Å². The first-order valence-electron chi connectivity index (χ1n) is 8.25. The second-order valence-electron chi connectivity index (χ2n) is 6.15. The van der Waals surface area contributed by atoms with E-state index in [2.05, 4.69) is 0 Å². The molecule has 0 aliphatic carbocycles. The summed E-state index contributed by atoms with van der Waals surface area (Å²) in [5.41, 5.74) is 2.90. The average molecular weight is 322 g/mol. The topological polar surface area (TPSA) is 60.4 Å². The summed E-state index contributed by atoms with van der Waals surface area (Å²) in [5.74, 6) is -1.67. The number of carbonyl (C=O) groups is 2. The molecule has 3 rings (SSSR count). The Bertz CT molecular complexity index is 742. The van der Waals surface area contributed by atoms with Crippen LogP contribution in [-0.4, -0.2) is 22.8 Å². The van der Waals surface area contributed by atoms with Gasteiger partial charge in [-0.05, 0) is 29.5 Å². The Balaban J connectivity index is 1.93. The molecule has 0 saturated heterocycles. The van der Waals surface area contributed by atoms with E-state index in [-0.39, 0.29) is 11.8 Å². The number of rotatable bonds is 4. The molecule has 124 valence electrons. The highest BCUT2D eigenvalue weighted by molar-refractivity contribution is 5.88.